The van der Waals surface area contributed by atoms with Crippen LogP contribution in [0.4, 0.5) is 0 Å². The molecule has 208 valence electrons. The Hall–Kier alpha value is -4.69. The third-order valence-corrected chi connectivity index (χ3v) is 10.1. The van der Waals surface area contributed by atoms with Gasteiger partial charge in [-0.3, -0.25) is 4.57 Å². The van der Waals surface area contributed by atoms with E-state index in [4.69, 9.17) is 4.98 Å². The van der Waals surface area contributed by atoms with Crippen LogP contribution in [0.15, 0.2) is 114 Å². The summed E-state index contributed by atoms with van der Waals surface area (Å²) in [4.78, 5) is 5.14. The average Bonchev–Trinajstić information content (AvgIpc) is 3.46. The second-order valence-corrected chi connectivity index (χ2v) is 12.5. The molecular weight excluding hydrogens is 520 g/mol. The Morgan fingerprint density at radius 1 is 0.674 bits per heavy atom. The minimum Gasteiger partial charge on any atom is -0.295 e. The first kappa shape index (κ1) is 24.9. The minimum atomic E-state index is 0.640. The molecule has 0 radical (unpaired) electrons. The van der Waals surface area contributed by atoms with E-state index in [9.17, 15) is 0 Å². The summed E-state index contributed by atoms with van der Waals surface area (Å²) in [5, 5.41) is 2.73. The van der Waals surface area contributed by atoms with E-state index in [0.29, 0.717) is 5.92 Å². The fourth-order valence-electron chi connectivity index (χ4n) is 8.08. The molecule has 43 heavy (non-hydrogen) atoms. The van der Waals surface area contributed by atoms with Gasteiger partial charge in [-0.15, -0.1) is 0 Å². The Bertz CT molecular complexity index is 2150. The van der Waals surface area contributed by atoms with E-state index in [0.717, 1.165) is 36.2 Å². The summed E-state index contributed by atoms with van der Waals surface area (Å²) in [5.41, 5.74) is 15.4. The molecule has 1 heterocycles. The van der Waals surface area contributed by atoms with Gasteiger partial charge in [0, 0.05) is 16.5 Å². The maximum atomic E-state index is 5.14. The molecule has 4 aromatic carbocycles. The van der Waals surface area contributed by atoms with Gasteiger partial charge in [0.05, 0.1) is 11.0 Å². The van der Waals surface area contributed by atoms with Crippen LogP contribution in [0.25, 0.3) is 45.8 Å². The Kier molecular flexibility index (Phi) is 5.75. The molecule has 4 aliphatic carbocycles. The molecule has 9 rings (SSSR count). The predicted octanol–water partition coefficient (Wildman–Crippen LogP) is 8.24. The van der Waals surface area contributed by atoms with Crippen molar-refractivity contribution in [1.29, 1.82) is 0 Å². The second kappa shape index (κ2) is 9.95. The summed E-state index contributed by atoms with van der Waals surface area (Å²) in [6.45, 7) is 0. The van der Waals surface area contributed by atoms with E-state index in [1.165, 1.54) is 75.2 Å². The third-order valence-electron chi connectivity index (χ3n) is 10.1. The largest absolute Gasteiger partial charge is 0.295 e. The predicted molar refractivity (Wildman–Crippen MR) is 179 cm³/mol. The molecule has 4 aliphatic rings. The number of benzene rings is 4. The van der Waals surface area contributed by atoms with Crippen LogP contribution in [0.3, 0.4) is 0 Å². The standard InChI is InChI=1S/C41H34N2/c1-2-11-28(12-3-1)41-42-38-16-8-9-17-40(38)43(41)39-23-22-34(35-14-6-7-15-36(35)39)30-21-19-29-26-37-31(25-32(29)24-30)20-18-27-10-4-5-13-33(27)37/h1-4,6-12,14-18,20,24-25,29H,5,13,19,21-23,26H2. The van der Waals surface area contributed by atoms with Crippen molar-refractivity contribution in [1.82, 2.24) is 9.55 Å². The Labute approximate surface area is 252 Å². The molecule has 0 fully saturated rings. The van der Waals surface area contributed by atoms with Crippen LogP contribution < -0.4 is 10.4 Å². The zero-order valence-electron chi connectivity index (χ0n) is 24.4. The van der Waals surface area contributed by atoms with Gasteiger partial charge < -0.3 is 0 Å². The zero-order chi connectivity index (χ0) is 28.3. The van der Waals surface area contributed by atoms with Crippen molar-refractivity contribution in [3.8, 4) is 11.4 Å². The summed E-state index contributed by atoms with van der Waals surface area (Å²) in [7, 11) is 0. The van der Waals surface area contributed by atoms with Gasteiger partial charge in [0.1, 0.15) is 5.82 Å². The van der Waals surface area contributed by atoms with Crippen LogP contribution in [-0.4, -0.2) is 9.55 Å². The summed E-state index contributed by atoms with van der Waals surface area (Å²) in [6.07, 6.45) is 17.7. The maximum Gasteiger partial charge on any atom is 0.145 e. The number of imidazole rings is 1. The van der Waals surface area contributed by atoms with E-state index in [-0.39, 0.29) is 0 Å². The molecule has 1 aromatic heterocycles. The van der Waals surface area contributed by atoms with E-state index < -0.39 is 0 Å². The topological polar surface area (TPSA) is 17.8 Å². The van der Waals surface area contributed by atoms with E-state index >= 15 is 0 Å². The van der Waals surface area contributed by atoms with Crippen LogP contribution in [0.2, 0.25) is 0 Å². The summed E-state index contributed by atoms with van der Waals surface area (Å²) < 4.78 is 2.43. The SMILES string of the molecule is C1=Cc2ccc3c(c2CC1)CC1CCC(C2=c4ccccc4=C(n4c(-c5ccccc5)nc5ccccc54)CC2)=CC1=C3. The molecule has 1 atom stereocenters. The smallest absolute Gasteiger partial charge is 0.145 e. The molecule has 0 saturated heterocycles. The highest BCUT2D eigenvalue weighted by molar-refractivity contribution is 5.86. The summed E-state index contributed by atoms with van der Waals surface area (Å²) in [5.74, 6) is 1.67. The zero-order valence-corrected chi connectivity index (χ0v) is 24.4. The lowest BCUT2D eigenvalue weighted by Crippen LogP contribution is -2.35. The third kappa shape index (κ3) is 4.04. The maximum absolute atomic E-state index is 5.14. The minimum absolute atomic E-state index is 0.640. The fraction of sp³-hybridized carbons (Fsp3) is 0.195. The number of nitrogens with zero attached hydrogens (tertiary/aromatic N) is 2. The highest BCUT2D eigenvalue weighted by atomic mass is 15.1. The van der Waals surface area contributed by atoms with Crippen molar-refractivity contribution >= 4 is 34.5 Å². The highest BCUT2D eigenvalue weighted by Crippen LogP contribution is 2.42. The van der Waals surface area contributed by atoms with Crippen LogP contribution in [0.5, 0.6) is 0 Å². The lowest BCUT2D eigenvalue weighted by Gasteiger charge is -2.32. The number of hydrogen-bond acceptors (Lipinski definition) is 1. The molecular formula is C41H34N2. The Morgan fingerprint density at radius 2 is 1.49 bits per heavy atom. The average molecular weight is 555 g/mol. The molecule has 2 nitrogen and oxygen atoms in total. The molecule has 0 spiro atoms. The Balaban J connectivity index is 1.21. The van der Waals surface area contributed by atoms with Gasteiger partial charge in [-0.05, 0) is 107 Å². The van der Waals surface area contributed by atoms with Gasteiger partial charge in [-0.25, -0.2) is 4.98 Å². The van der Waals surface area contributed by atoms with E-state index in [1.54, 1.807) is 11.1 Å². The van der Waals surface area contributed by atoms with Gasteiger partial charge in [-0.1, -0.05) is 103 Å². The molecule has 1 unspecified atom stereocenters. The van der Waals surface area contributed by atoms with Crippen molar-refractivity contribution in [3.63, 3.8) is 0 Å². The van der Waals surface area contributed by atoms with Crippen LogP contribution in [0.1, 0.15) is 54.4 Å². The van der Waals surface area contributed by atoms with Gasteiger partial charge in [0.15, 0.2) is 0 Å². The van der Waals surface area contributed by atoms with E-state index in [1.807, 2.05) is 0 Å². The number of hydrogen-bond donors (Lipinski definition) is 0. The molecule has 0 amide bonds. The fourth-order valence-corrected chi connectivity index (χ4v) is 8.08. The van der Waals surface area contributed by atoms with Gasteiger partial charge >= 0.3 is 0 Å². The molecule has 0 saturated carbocycles. The highest BCUT2D eigenvalue weighted by Gasteiger charge is 2.29. The first-order valence-electron chi connectivity index (χ1n) is 15.9. The second-order valence-electron chi connectivity index (χ2n) is 12.5. The number of aromatic nitrogens is 2. The molecule has 2 heteroatoms. The van der Waals surface area contributed by atoms with Crippen molar-refractivity contribution in [3.05, 3.63) is 147 Å². The van der Waals surface area contributed by atoms with Gasteiger partial charge in [0.25, 0.3) is 0 Å². The number of allylic oxidation sites excluding steroid dienone is 4. The van der Waals surface area contributed by atoms with Crippen molar-refractivity contribution in [2.45, 2.75) is 44.9 Å². The van der Waals surface area contributed by atoms with Crippen molar-refractivity contribution < 1.29 is 0 Å². The molecule has 0 N–H and O–H groups in total. The van der Waals surface area contributed by atoms with Crippen LogP contribution in [0, 0.1) is 5.92 Å². The monoisotopic (exact) mass is 554 g/mol. The Morgan fingerprint density at radius 3 is 2.42 bits per heavy atom. The molecule has 0 aliphatic heterocycles. The quantitative estimate of drug-likeness (QED) is 0.220. The number of rotatable bonds is 3. The van der Waals surface area contributed by atoms with Crippen LogP contribution in [-0.2, 0) is 12.8 Å². The summed E-state index contributed by atoms with van der Waals surface area (Å²) >= 11 is 0. The normalized spacial score (nSPS) is 18.8. The lowest BCUT2D eigenvalue weighted by atomic mass is 9.72. The van der Waals surface area contributed by atoms with Crippen LogP contribution >= 0.6 is 0 Å². The van der Waals surface area contributed by atoms with Crippen molar-refractivity contribution in [2.24, 2.45) is 5.92 Å². The first-order valence-corrected chi connectivity index (χ1v) is 15.9. The number of para-hydroxylation sites is 2. The lowest BCUT2D eigenvalue weighted by molar-refractivity contribution is 0.546. The van der Waals surface area contributed by atoms with Gasteiger partial charge in [0.2, 0.25) is 0 Å². The molecule has 0 bridgehead atoms. The summed E-state index contributed by atoms with van der Waals surface area (Å²) in [6, 6.07) is 33.0. The van der Waals surface area contributed by atoms with E-state index in [2.05, 4.69) is 120 Å². The molecule has 5 aromatic rings. The number of fused-ring (bicyclic) bond motifs is 6. The van der Waals surface area contributed by atoms with Gasteiger partial charge in [-0.2, -0.15) is 0 Å². The van der Waals surface area contributed by atoms with Crippen molar-refractivity contribution in [2.75, 3.05) is 0 Å². The first-order chi connectivity index (χ1) is 21.3.